The number of nitrogens with zero attached hydrogens (tertiary/aromatic N) is 3. The highest BCUT2D eigenvalue weighted by Gasteiger charge is 2.45. The van der Waals surface area contributed by atoms with Crippen LogP contribution in [0.25, 0.3) is 0 Å². The topological polar surface area (TPSA) is 74.2 Å². The molecule has 1 aromatic rings. The Labute approximate surface area is 147 Å². The number of benzene rings is 1. The molecule has 1 saturated heterocycles. The quantitative estimate of drug-likeness (QED) is 0.824. The van der Waals surface area contributed by atoms with Crippen molar-refractivity contribution in [2.24, 2.45) is 4.99 Å². The molecule has 0 atom stereocenters. The van der Waals surface area contributed by atoms with Crippen LogP contribution >= 0.6 is 0 Å². The molecule has 7 nitrogen and oxygen atoms in total. The summed E-state index contributed by atoms with van der Waals surface area (Å²) >= 11 is 0. The van der Waals surface area contributed by atoms with E-state index in [2.05, 4.69) is 10.3 Å². The number of hydrogen-bond donors (Lipinski definition) is 1. The van der Waals surface area contributed by atoms with Crippen LogP contribution in [0.2, 0.25) is 0 Å². The van der Waals surface area contributed by atoms with Crippen LogP contribution in [0, 0.1) is 0 Å². The number of hydrogen-bond acceptors (Lipinski definition) is 5. The Kier molecular flexibility index (Phi) is 4.41. The summed E-state index contributed by atoms with van der Waals surface area (Å²) in [5.41, 5.74) is 1.26. The Balaban J connectivity index is 1.64. The first-order valence-corrected chi connectivity index (χ1v) is 8.42. The molecule has 0 aromatic heterocycles. The molecule has 0 spiro atoms. The summed E-state index contributed by atoms with van der Waals surface area (Å²) in [6.07, 6.45) is 1.15. The van der Waals surface area contributed by atoms with E-state index in [1.54, 1.807) is 19.0 Å². The molecule has 2 amide bonds. The van der Waals surface area contributed by atoms with E-state index in [1.165, 1.54) is 0 Å². The van der Waals surface area contributed by atoms with Crippen LogP contribution in [0.15, 0.2) is 23.2 Å². The van der Waals surface area contributed by atoms with Gasteiger partial charge in [0.05, 0.1) is 12.3 Å². The normalized spacial score (nSPS) is 17.4. The average Bonchev–Trinajstić information content (AvgIpc) is 2.78. The third kappa shape index (κ3) is 3.31. The monoisotopic (exact) mass is 344 g/mol. The van der Waals surface area contributed by atoms with Gasteiger partial charge in [0.2, 0.25) is 11.9 Å². The van der Waals surface area contributed by atoms with Crippen molar-refractivity contribution in [3.05, 3.63) is 23.8 Å². The van der Waals surface area contributed by atoms with Crippen molar-refractivity contribution in [3.63, 3.8) is 0 Å². The molecule has 2 aliphatic rings. The summed E-state index contributed by atoms with van der Waals surface area (Å²) in [6.45, 7) is 4.87. The fraction of sp³-hybridized carbons (Fsp3) is 0.500. The van der Waals surface area contributed by atoms with Gasteiger partial charge in [0.15, 0.2) is 0 Å². The molecule has 134 valence electrons. The lowest BCUT2D eigenvalue weighted by Gasteiger charge is -2.32. The lowest BCUT2D eigenvalue weighted by Crippen LogP contribution is -2.44. The van der Waals surface area contributed by atoms with Gasteiger partial charge in [-0.25, -0.2) is 4.99 Å². The van der Waals surface area contributed by atoms with Crippen LogP contribution in [0.5, 0.6) is 5.75 Å². The average molecular weight is 344 g/mol. The van der Waals surface area contributed by atoms with Crippen LogP contribution in [0.3, 0.4) is 0 Å². The number of fused-ring (bicyclic) bond motifs is 2. The Bertz CT molecular complexity index is 740. The Morgan fingerprint density at radius 3 is 2.88 bits per heavy atom. The largest absolute Gasteiger partial charge is 0.494 e. The van der Waals surface area contributed by atoms with Crippen LogP contribution in [-0.2, 0) is 16.1 Å². The summed E-state index contributed by atoms with van der Waals surface area (Å²) in [7, 11) is 3.50. The predicted octanol–water partition coefficient (Wildman–Crippen LogP) is 1.65. The molecule has 2 aliphatic heterocycles. The lowest BCUT2D eigenvalue weighted by molar-refractivity contribution is -0.129. The number of amides is 2. The van der Waals surface area contributed by atoms with Gasteiger partial charge in [-0.2, -0.15) is 0 Å². The van der Waals surface area contributed by atoms with Crippen LogP contribution in [0.4, 0.5) is 5.69 Å². The van der Waals surface area contributed by atoms with Gasteiger partial charge >= 0.3 is 0 Å². The van der Waals surface area contributed by atoms with E-state index in [0.717, 1.165) is 17.0 Å². The van der Waals surface area contributed by atoms with Gasteiger partial charge in [-0.15, -0.1) is 0 Å². The second-order valence-electron chi connectivity index (χ2n) is 7.07. The number of ether oxygens (including phenoxy) is 1. The Morgan fingerprint density at radius 1 is 1.40 bits per heavy atom. The summed E-state index contributed by atoms with van der Waals surface area (Å²) in [5.74, 6) is 1.43. The maximum absolute atomic E-state index is 12.1. The van der Waals surface area contributed by atoms with E-state index < -0.39 is 5.54 Å². The minimum atomic E-state index is -0.611. The van der Waals surface area contributed by atoms with Crippen LogP contribution in [-0.4, -0.2) is 53.8 Å². The molecule has 7 heteroatoms. The smallest absolute Gasteiger partial charge is 0.252 e. The fourth-order valence-corrected chi connectivity index (χ4v) is 2.88. The van der Waals surface area contributed by atoms with E-state index in [-0.39, 0.29) is 11.8 Å². The van der Waals surface area contributed by atoms with Gasteiger partial charge in [0.25, 0.3) is 5.91 Å². The zero-order chi connectivity index (χ0) is 18.2. The molecule has 0 unspecified atom stereocenters. The zero-order valence-corrected chi connectivity index (χ0v) is 15.1. The highest BCUT2D eigenvalue weighted by Crippen LogP contribution is 2.34. The van der Waals surface area contributed by atoms with Gasteiger partial charge < -0.3 is 14.5 Å². The first kappa shape index (κ1) is 17.3. The molecule has 0 aliphatic carbocycles. The lowest BCUT2D eigenvalue weighted by atomic mass is 10.0. The molecule has 3 rings (SSSR count). The highest BCUT2D eigenvalue weighted by atomic mass is 16.5. The Hall–Kier alpha value is -2.57. The van der Waals surface area contributed by atoms with E-state index in [0.29, 0.717) is 32.0 Å². The van der Waals surface area contributed by atoms with E-state index in [9.17, 15) is 9.59 Å². The second-order valence-corrected chi connectivity index (χ2v) is 7.07. The number of guanidine groups is 1. The van der Waals surface area contributed by atoms with Crippen LogP contribution < -0.4 is 10.1 Å². The molecule has 0 radical (unpaired) electrons. The molecule has 1 aromatic carbocycles. The maximum Gasteiger partial charge on any atom is 0.252 e. The van der Waals surface area contributed by atoms with Crippen molar-refractivity contribution in [2.75, 3.05) is 20.7 Å². The van der Waals surface area contributed by atoms with Crippen molar-refractivity contribution >= 4 is 23.5 Å². The first-order valence-electron chi connectivity index (χ1n) is 8.42. The van der Waals surface area contributed by atoms with Crippen molar-refractivity contribution in [1.82, 2.24) is 15.1 Å². The highest BCUT2D eigenvalue weighted by molar-refractivity contribution is 6.09. The number of rotatable bonds is 5. The van der Waals surface area contributed by atoms with E-state index >= 15 is 0 Å². The maximum atomic E-state index is 12.1. The van der Waals surface area contributed by atoms with Crippen molar-refractivity contribution in [2.45, 2.75) is 38.8 Å². The summed E-state index contributed by atoms with van der Waals surface area (Å²) in [5, 5.41) is 2.83. The molecule has 25 heavy (non-hydrogen) atoms. The fourth-order valence-electron chi connectivity index (χ4n) is 2.88. The molecule has 1 N–H and O–H groups in total. The second kappa shape index (κ2) is 6.38. The minimum Gasteiger partial charge on any atom is -0.494 e. The SMILES string of the molecule is CN(C)C(=O)CCCOc1ccc2c(c1)CN1C(=N2)NC(=O)C1(C)C. The summed E-state index contributed by atoms with van der Waals surface area (Å²) in [4.78, 5) is 31.7. The number of aliphatic imine (C=N–C) groups is 1. The zero-order valence-electron chi connectivity index (χ0n) is 15.1. The third-order valence-corrected chi connectivity index (χ3v) is 4.62. The predicted molar refractivity (Wildman–Crippen MR) is 94.7 cm³/mol. The van der Waals surface area contributed by atoms with Gasteiger partial charge in [0.1, 0.15) is 11.3 Å². The number of carbonyl (C=O) groups is 2. The van der Waals surface area contributed by atoms with Crippen molar-refractivity contribution in [1.29, 1.82) is 0 Å². The van der Waals surface area contributed by atoms with E-state index in [4.69, 9.17) is 4.74 Å². The van der Waals surface area contributed by atoms with Crippen molar-refractivity contribution < 1.29 is 14.3 Å². The third-order valence-electron chi connectivity index (χ3n) is 4.62. The van der Waals surface area contributed by atoms with Crippen LogP contribution in [0.1, 0.15) is 32.3 Å². The molecular formula is C18H24N4O3. The molecule has 0 saturated carbocycles. The molecular weight excluding hydrogens is 320 g/mol. The van der Waals surface area contributed by atoms with Gasteiger partial charge in [-0.3, -0.25) is 14.9 Å². The summed E-state index contributed by atoms with van der Waals surface area (Å²) in [6, 6.07) is 5.73. The Morgan fingerprint density at radius 2 is 2.16 bits per heavy atom. The molecule has 1 fully saturated rings. The standard InChI is InChI=1S/C18H24N4O3/c1-18(2)16(24)20-17-19-14-8-7-13(10-12(14)11-22(17)18)25-9-5-6-15(23)21(3)4/h7-8,10H,5-6,9,11H2,1-4H3,(H,19,20,24). The van der Waals surface area contributed by atoms with Crippen molar-refractivity contribution in [3.8, 4) is 5.75 Å². The molecule has 0 bridgehead atoms. The van der Waals surface area contributed by atoms with E-state index in [1.807, 2.05) is 36.9 Å². The van der Waals surface area contributed by atoms with Gasteiger partial charge in [-0.1, -0.05) is 0 Å². The number of carbonyl (C=O) groups excluding carboxylic acids is 2. The summed E-state index contributed by atoms with van der Waals surface area (Å²) < 4.78 is 5.77. The minimum absolute atomic E-state index is 0.0407. The van der Waals surface area contributed by atoms with Gasteiger partial charge in [0, 0.05) is 32.6 Å². The molecule has 2 heterocycles. The first-order chi connectivity index (χ1) is 11.8. The van der Waals surface area contributed by atoms with Gasteiger partial charge in [-0.05, 0) is 38.5 Å². The number of nitrogens with one attached hydrogen (secondary N) is 1.